The summed E-state index contributed by atoms with van der Waals surface area (Å²) < 4.78 is 2.01. The number of hydrogen-bond acceptors (Lipinski definition) is 3. The van der Waals surface area contributed by atoms with Gasteiger partial charge in [-0.1, -0.05) is 5.21 Å². The number of aryl methyl sites for hydroxylation is 1. The summed E-state index contributed by atoms with van der Waals surface area (Å²) in [7, 11) is 0. The zero-order valence-corrected chi connectivity index (χ0v) is 11.8. The Kier molecular flexibility index (Phi) is 2.45. The third kappa shape index (κ3) is 1.87. The topological polar surface area (TPSA) is 56.7 Å². The van der Waals surface area contributed by atoms with Crippen molar-refractivity contribution in [3.63, 3.8) is 0 Å². The Hall–Kier alpha value is -1.06. The Morgan fingerprint density at radius 2 is 1.74 bits per heavy atom. The summed E-state index contributed by atoms with van der Waals surface area (Å²) in [6.45, 7) is 3.03. The van der Waals surface area contributed by atoms with Crippen molar-refractivity contribution in [2.45, 2.75) is 58.4 Å². The first-order valence-corrected chi connectivity index (χ1v) is 7.79. The van der Waals surface area contributed by atoms with E-state index in [-0.39, 0.29) is 0 Å². The van der Waals surface area contributed by atoms with E-state index >= 15 is 0 Å². The average Bonchev–Trinajstić information content (AvgIpc) is 2.66. The Bertz CT molecular complexity index is 455. The molecule has 4 bridgehead atoms. The average molecular weight is 260 g/mol. The zero-order valence-electron chi connectivity index (χ0n) is 11.8. The third-order valence-electron chi connectivity index (χ3n) is 6.04. The van der Waals surface area contributed by atoms with Crippen LogP contribution in [0.1, 0.15) is 50.6 Å². The summed E-state index contributed by atoms with van der Waals surface area (Å²) in [6.07, 6.45) is 10.3. The molecule has 0 spiro atoms. The van der Waals surface area contributed by atoms with Crippen LogP contribution in [0, 0.1) is 30.1 Å². The molecule has 1 aromatic rings. The number of nitrogens with two attached hydrogens (primary N) is 1. The Morgan fingerprint density at radius 3 is 2.21 bits per heavy atom. The highest BCUT2D eigenvalue weighted by molar-refractivity contribution is 5.31. The number of nitrogen functional groups attached to an aromatic ring is 1. The van der Waals surface area contributed by atoms with Crippen molar-refractivity contribution in [3.8, 4) is 0 Å². The maximum atomic E-state index is 5.78. The lowest BCUT2D eigenvalue weighted by Crippen LogP contribution is -2.46. The molecule has 0 aliphatic heterocycles. The van der Waals surface area contributed by atoms with Crippen LogP contribution in [-0.2, 0) is 6.54 Å². The molecule has 104 valence electrons. The van der Waals surface area contributed by atoms with E-state index in [0.717, 1.165) is 30.0 Å². The second-order valence-electron chi connectivity index (χ2n) is 7.45. The van der Waals surface area contributed by atoms with Crippen LogP contribution in [0.15, 0.2) is 0 Å². The molecule has 2 N–H and O–H groups in total. The van der Waals surface area contributed by atoms with Crippen LogP contribution in [0.2, 0.25) is 0 Å². The van der Waals surface area contributed by atoms with Crippen molar-refractivity contribution in [1.82, 2.24) is 15.0 Å². The maximum Gasteiger partial charge on any atom is 0.168 e. The van der Waals surface area contributed by atoms with Crippen molar-refractivity contribution >= 4 is 5.82 Å². The summed E-state index contributed by atoms with van der Waals surface area (Å²) in [6, 6.07) is 0. The van der Waals surface area contributed by atoms with E-state index in [9.17, 15) is 0 Å². The molecule has 0 atom stereocenters. The van der Waals surface area contributed by atoms with Crippen molar-refractivity contribution in [2.24, 2.45) is 23.2 Å². The molecule has 19 heavy (non-hydrogen) atoms. The molecule has 0 aromatic carbocycles. The van der Waals surface area contributed by atoms with Crippen LogP contribution in [0.5, 0.6) is 0 Å². The van der Waals surface area contributed by atoms with Crippen molar-refractivity contribution in [2.75, 3.05) is 5.73 Å². The lowest BCUT2D eigenvalue weighted by atomic mass is 9.49. The number of nitrogens with zero attached hydrogens (tertiary/aromatic N) is 3. The number of hydrogen-bond donors (Lipinski definition) is 1. The van der Waals surface area contributed by atoms with Gasteiger partial charge in [0.15, 0.2) is 5.82 Å². The SMILES string of the molecule is Cc1c(N)nnn1CCC12CC3CC(CC(C3)C1)C2. The summed E-state index contributed by atoms with van der Waals surface area (Å²) in [4.78, 5) is 0. The van der Waals surface area contributed by atoms with E-state index in [4.69, 9.17) is 5.73 Å². The van der Waals surface area contributed by atoms with Gasteiger partial charge in [0.2, 0.25) is 0 Å². The first-order chi connectivity index (χ1) is 9.13. The molecular formula is C15H24N4. The van der Waals surface area contributed by atoms with E-state index in [0.29, 0.717) is 11.2 Å². The minimum atomic E-state index is 0.588. The second kappa shape index (κ2) is 3.97. The highest BCUT2D eigenvalue weighted by atomic mass is 15.4. The normalized spacial score (nSPS) is 39.9. The van der Waals surface area contributed by atoms with Gasteiger partial charge >= 0.3 is 0 Å². The van der Waals surface area contributed by atoms with Gasteiger partial charge < -0.3 is 5.73 Å². The van der Waals surface area contributed by atoms with Crippen LogP contribution >= 0.6 is 0 Å². The first kappa shape index (κ1) is 11.7. The fourth-order valence-corrected chi connectivity index (χ4v) is 5.53. The lowest BCUT2D eigenvalue weighted by molar-refractivity contribution is -0.0596. The van der Waals surface area contributed by atoms with Gasteiger partial charge in [-0.3, -0.25) is 0 Å². The van der Waals surface area contributed by atoms with Crippen LogP contribution < -0.4 is 5.73 Å². The molecule has 1 heterocycles. The van der Waals surface area contributed by atoms with Crippen molar-refractivity contribution < 1.29 is 0 Å². The van der Waals surface area contributed by atoms with Gasteiger partial charge in [-0.25, -0.2) is 4.68 Å². The smallest absolute Gasteiger partial charge is 0.168 e. The number of rotatable bonds is 3. The fourth-order valence-electron chi connectivity index (χ4n) is 5.53. The Balaban J connectivity index is 1.49. The predicted molar refractivity (Wildman–Crippen MR) is 74.4 cm³/mol. The molecule has 1 aromatic heterocycles. The molecule has 4 fully saturated rings. The standard InChI is InChI=1S/C15H24N4/c1-10-14(16)17-18-19(10)3-2-15-7-11-4-12(8-15)6-13(5-11)9-15/h11-13H,2-9,16H2,1H3. The number of anilines is 1. The van der Waals surface area contributed by atoms with Crippen LogP contribution in [0.4, 0.5) is 5.82 Å². The maximum absolute atomic E-state index is 5.78. The molecule has 4 aliphatic carbocycles. The summed E-state index contributed by atoms with van der Waals surface area (Å²) in [5, 5.41) is 8.15. The van der Waals surface area contributed by atoms with E-state index in [1.54, 1.807) is 0 Å². The Labute approximate surface area is 114 Å². The monoisotopic (exact) mass is 260 g/mol. The van der Waals surface area contributed by atoms with Crippen LogP contribution in [-0.4, -0.2) is 15.0 Å². The molecule has 4 heteroatoms. The summed E-state index contributed by atoms with van der Waals surface area (Å²) >= 11 is 0. The first-order valence-electron chi connectivity index (χ1n) is 7.79. The van der Waals surface area contributed by atoms with Crippen LogP contribution in [0.25, 0.3) is 0 Å². The largest absolute Gasteiger partial charge is 0.381 e. The van der Waals surface area contributed by atoms with Gasteiger partial charge in [-0.15, -0.1) is 5.10 Å². The molecule has 4 aliphatic rings. The van der Waals surface area contributed by atoms with E-state index in [1.807, 2.05) is 11.6 Å². The van der Waals surface area contributed by atoms with Gasteiger partial charge in [0, 0.05) is 6.54 Å². The fraction of sp³-hybridized carbons (Fsp3) is 0.867. The van der Waals surface area contributed by atoms with E-state index in [1.165, 1.54) is 44.9 Å². The highest BCUT2D eigenvalue weighted by Crippen LogP contribution is 2.61. The molecule has 0 unspecified atom stereocenters. The predicted octanol–water partition coefficient (Wildman–Crippen LogP) is 2.78. The molecule has 0 saturated heterocycles. The quantitative estimate of drug-likeness (QED) is 0.909. The van der Waals surface area contributed by atoms with Crippen molar-refractivity contribution in [3.05, 3.63) is 5.69 Å². The van der Waals surface area contributed by atoms with Gasteiger partial charge in [0.25, 0.3) is 0 Å². The Morgan fingerprint density at radius 1 is 1.16 bits per heavy atom. The molecule has 4 saturated carbocycles. The van der Waals surface area contributed by atoms with Gasteiger partial charge in [0.05, 0.1) is 5.69 Å². The third-order valence-corrected chi connectivity index (χ3v) is 6.04. The zero-order chi connectivity index (χ0) is 13.0. The minimum absolute atomic E-state index is 0.588. The van der Waals surface area contributed by atoms with Crippen molar-refractivity contribution in [1.29, 1.82) is 0 Å². The minimum Gasteiger partial charge on any atom is -0.381 e. The van der Waals surface area contributed by atoms with Gasteiger partial charge in [-0.2, -0.15) is 0 Å². The number of aromatic nitrogens is 3. The molecular weight excluding hydrogens is 236 g/mol. The van der Waals surface area contributed by atoms with E-state index < -0.39 is 0 Å². The van der Waals surface area contributed by atoms with Crippen LogP contribution in [0.3, 0.4) is 0 Å². The summed E-state index contributed by atoms with van der Waals surface area (Å²) in [5.74, 6) is 3.69. The highest BCUT2D eigenvalue weighted by Gasteiger charge is 2.50. The lowest BCUT2D eigenvalue weighted by Gasteiger charge is -2.57. The molecule has 4 nitrogen and oxygen atoms in total. The van der Waals surface area contributed by atoms with E-state index in [2.05, 4.69) is 10.3 Å². The molecule has 0 amide bonds. The van der Waals surface area contributed by atoms with Gasteiger partial charge in [0.1, 0.15) is 0 Å². The second-order valence-corrected chi connectivity index (χ2v) is 7.45. The summed E-state index contributed by atoms with van der Waals surface area (Å²) in [5.41, 5.74) is 7.44. The van der Waals surface area contributed by atoms with Gasteiger partial charge in [-0.05, 0) is 75.0 Å². The molecule has 5 rings (SSSR count). The molecule has 0 radical (unpaired) electrons.